The number of aliphatic hydroxyl groups is 1. The van der Waals surface area contributed by atoms with Crippen molar-refractivity contribution in [3.8, 4) is 22.3 Å². The summed E-state index contributed by atoms with van der Waals surface area (Å²) < 4.78 is 24.1. The third-order valence-electron chi connectivity index (χ3n) is 10.7. The first kappa shape index (κ1) is 52.6. The van der Waals surface area contributed by atoms with E-state index in [0.29, 0.717) is 11.1 Å². The van der Waals surface area contributed by atoms with Crippen LogP contribution in [0.2, 0.25) is 0 Å². The summed E-state index contributed by atoms with van der Waals surface area (Å²) in [6.45, 7) is 12.8. The molecule has 0 aliphatic rings. The van der Waals surface area contributed by atoms with Gasteiger partial charge in [-0.3, -0.25) is 24.0 Å². The van der Waals surface area contributed by atoms with E-state index < -0.39 is 89.8 Å². The first-order valence-corrected chi connectivity index (χ1v) is 23.3. The molecule has 15 nitrogen and oxygen atoms in total. The van der Waals surface area contributed by atoms with Gasteiger partial charge in [-0.15, -0.1) is 0 Å². The van der Waals surface area contributed by atoms with Gasteiger partial charge in [0.1, 0.15) is 30.3 Å². The zero-order valence-corrected chi connectivity index (χ0v) is 40.5. The maximum absolute atomic E-state index is 14.7. The molecule has 2 aromatic heterocycles. The van der Waals surface area contributed by atoms with Crippen molar-refractivity contribution in [1.29, 1.82) is 0 Å². The number of nitrogens with one attached hydrogen (secondary N) is 4. The molecule has 4 rings (SSSR count). The minimum Gasteiger partial charge on any atom is -0.437 e. The molecule has 4 amide bonds. The number of carbonyl (C=O) groups is 5. The molecule has 2 aromatic carbocycles. The predicted octanol–water partition coefficient (Wildman–Crippen LogP) is 5.40. The number of hydrogen-bond acceptors (Lipinski definition) is 13. The summed E-state index contributed by atoms with van der Waals surface area (Å²) in [4.78, 5) is 68.7. The smallest absolute Gasteiger partial charge is 0.325 e. The first-order chi connectivity index (χ1) is 30.7. The molecule has 2 heterocycles. The molecular formula is C48H65N5O10S2. The second-order valence-corrected chi connectivity index (χ2v) is 19.8. The lowest BCUT2D eigenvalue weighted by atomic mass is 9.85. The number of amides is 4. The molecule has 7 atom stereocenters. The van der Waals surface area contributed by atoms with E-state index >= 15 is 0 Å². The van der Waals surface area contributed by atoms with Gasteiger partial charge < -0.3 is 51.1 Å². The van der Waals surface area contributed by atoms with Gasteiger partial charge in [0.15, 0.2) is 19.0 Å². The van der Waals surface area contributed by atoms with Crippen molar-refractivity contribution in [2.75, 3.05) is 20.9 Å². The maximum Gasteiger partial charge on any atom is 0.325 e. The van der Waals surface area contributed by atoms with Gasteiger partial charge in [-0.2, -0.15) is 22.7 Å². The summed E-state index contributed by atoms with van der Waals surface area (Å²) >= 11 is 3.13. The molecule has 65 heavy (non-hydrogen) atoms. The average Bonchev–Trinajstić information content (AvgIpc) is 4.02. The number of carbonyl (C=O) groups excluding carboxylic acids is 5. The largest absolute Gasteiger partial charge is 0.437 e. The Hall–Kier alpha value is -5.01. The minimum atomic E-state index is -2.05. The highest BCUT2D eigenvalue weighted by Gasteiger charge is 2.46. The Balaban J connectivity index is 1.81. The van der Waals surface area contributed by atoms with Gasteiger partial charge in [0.05, 0.1) is 13.2 Å². The fraction of sp³-hybridized carbons (Fsp3) is 0.479. The summed E-state index contributed by atoms with van der Waals surface area (Å²) in [5.41, 5.74) is 9.68. The van der Waals surface area contributed by atoms with Crippen LogP contribution in [0.15, 0.2) is 82.2 Å². The van der Waals surface area contributed by atoms with Gasteiger partial charge in [-0.05, 0) is 83.8 Å². The molecule has 4 aromatic rings. The lowest BCUT2D eigenvalue weighted by molar-refractivity contribution is -0.204. The monoisotopic (exact) mass is 935 g/mol. The number of thiophene rings is 2. The van der Waals surface area contributed by atoms with E-state index in [1.54, 1.807) is 78.1 Å². The molecule has 354 valence electrons. The number of likely N-dealkylation sites (N-methyl/N-ethyl adjacent to an activating group) is 2. The number of benzene rings is 2. The SMILES string of the molecule is CNC(=O)[C@@H](NC(=O)[C@H](OCc1ccc(-c2ccsc2)cc1)[C@H](O)[C@@H](OCOC(=O)[C@@H](N)C(C)C)[C@@H](OCc1ccc(-c2ccsc2)cc1)C(=O)N[C@H](C(=O)NC)C(C)(C)C)C(C)(C)C. The van der Waals surface area contributed by atoms with E-state index in [4.69, 9.17) is 24.7 Å². The second kappa shape index (κ2) is 24.0. The zero-order valence-electron chi connectivity index (χ0n) is 38.8. The van der Waals surface area contributed by atoms with Gasteiger partial charge in [0, 0.05) is 14.1 Å². The van der Waals surface area contributed by atoms with E-state index in [2.05, 4.69) is 21.3 Å². The van der Waals surface area contributed by atoms with E-state index in [0.717, 1.165) is 22.3 Å². The third kappa shape index (κ3) is 15.0. The Labute approximate surface area is 390 Å². The molecule has 0 bridgehead atoms. The van der Waals surface area contributed by atoms with Crippen LogP contribution < -0.4 is 27.0 Å². The number of aliphatic hydroxyl groups excluding tert-OH is 1. The van der Waals surface area contributed by atoms with E-state index in [1.807, 2.05) is 82.2 Å². The molecular weight excluding hydrogens is 871 g/mol. The Morgan fingerprint density at radius 1 is 0.615 bits per heavy atom. The molecule has 0 radical (unpaired) electrons. The van der Waals surface area contributed by atoms with Gasteiger partial charge in [-0.1, -0.05) is 104 Å². The summed E-state index contributed by atoms with van der Waals surface area (Å²) in [5.74, 6) is -3.92. The number of esters is 1. The maximum atomic E-state index is 14.7. The Bertz CT molecular complexity index is 2130. The number of hydrogen-bond donors (Lipinski definition) is 6. The van der Waals surface area contributed by atoms with Crippen molar-refractivity contribution in [1.82, 2.24) is 21.3 Å². The number of nitrogens with two attached hydrogens (primary N) is 1. The van der Waals surface area contributed by atoms with Gasteiger partial charge in [0.25, 0.3) is 11.8 Å². The lowest BCUT2D eigenvalue weighted by Crippen LogP contribution is -2.62. The highest BCUT2D eigenvalue weighted by Crippen LogP contribution is 2.27. The Morgan fingerprint density at radius 3 is 1.40 bits per heavy atom. The number of ether oxygens (including phenoxy) is 4. The molecule has 7 N–H and O–H groups in total. The highest BCUT2D eigenvalue weighted by atomic mass is 32.1. The second-order valence-electron chi connectivity index (χ2n) is 18.2. The van der Waals surface area contributed by atoms with Crippen LogP contribution in [0, 0.1) is 16.7 Å². The molecule has 0 saturated carbocycles. The Kier molecular flexibility index (Phi) is 19.4. The molecule has 0 aliphatic heterocycles. The molecule has 0 spiro atoms. The molecule has 0 saturated heterocycles. The fourth-order valence-corrected chi connectivity index (χ4v) is 7.96. The molecule has 0 fully saturated rings. The minimum absolute atomic E-state index is 0.205. The van der Waals surface area contributed by atoms with Crippen LogP contribution >= 0.6 is 22.7 Å². The van der Waals surface area contributed by atoms with Crippen LogP contribution in [-0.2, 0) is 56.1 Å². The third-order valence-corrected chi connectivity index (χ3v) is 12.1. The van der Waals surface area contributed by atoms with Crippen molar-refractivity contribution in [3.05, 3.63) is 93.3 Å². The van der Waals surface area contributed by atoms with Gasteiger partial charge >= 0.3 is 5.97 Å². The van der Waals surface area contributed by atoms with Crippen molar-refractivity contribution in [3.63, 3.8) is 0 Å². The molecule has 0 aliphatic carbocycles. The normalized spacial score (nSPS) is 15.2. The summed E-state index contributed by atoms with van der Waals surface area (Å²) in [6.07, 6.45) is -7.48. The first-order valence-electron chi connectivity index (χ1n) is 21.4. The van der Waals surface area contributed by atoms with Crippen LogP contribution in [0.5, 0.6) is 0 Å². The van der Waals surface area contributed by atoms with E-state index in [-0.39, 0.29) is 19.1 Å². The summed E-state index contributed by atoms with van der Waals surface area (Å²) in [5, 5.41) is 31.2. The fourth-order valence-electron chi connectivity index (χ4n) is 6.63. The van der Waals surface area contributed by atoms with Crippen molar-refractivity contribution < 1.29 is 48.0 Å². The van der Waals surface area contributed by atoms with Crippen LogP contribution in [0.3, 0.4) is 0 Å². The highest BCUT2D eigenvalue weighted by molar-refractivity contribution is 7.08. The van der Waals surface area contributed by atoms with Gasteiger partial charge in [-0.25, -0.2) is 0 Å². The molecule has 0 unspecified atom stereocenters. The van der Waals surface area contributed by atoms with E-state index in [1.165, 1.54) is 14.1 Å². The summed E-state index contributed by atoms with van der Waals surface area (Å²) in [6, 6.07) is 15.6. The van der Waals surface area contributed by atoms with E-state index in [9.17, 15) is 29.1 Å². The standard InChI is InChI=1S/C48H65N5O10S2/c1-28(2)35(49)46(59)63-27-62-37(39(43(56)53-41(45(58)51-10)48(6,7)8)61-24-30-13-17-32(18-14-30)34-20-22-65-26-34)36(54)38(42(55)52-40(44(57)50-9)47(3,4)5)60-23-29-11-15-31(16-12-29)33-19-21-64-25-33/h11-22,25-26,28,35-41,54H,23-24,27,49H2,1-10H3,(H,50,57)(H,51,58)(H,52,55)(H,53,56)/t35-,36+,37+,38+,39+,40+,41+/m0/s1. The topological polar surface area (TPSA) is 217 Å². The van der Waals surface area contributed by atoms with Crippen molar-refractivity contribution in [2.24, 2.45) is 22.5 Å². The Morgan fingerprint density at radius 2 is 1.03 bits per heavy atom. The van der Waals surface area contributed by atoms with Crippen molar-refractivity contribution >= 4 is 52.3 Å². The lowest BCUT2D eigenvalue weighted by Gasteiger charge is -2.37. The molecule has 17 heteroatoms. The van der Waals surface area contributed by atoms with Crippen LogP contribution in [-0.4, -0.2) is 98.1 Å². The number of rotatable bonds is 22. The zero-order chi connectivity index (χ0) is 48.1. The summed E-state index contributed by atoms with van der Waals surface area (Å²) in [7, 11) is 2.87. The van der Waals surface area contributed by atoms with Crippen LogP contribution in [0.25, 0.3) is 22.3 Å². The van der Waals surface area contributed by atoms with Crippen molar-refractivity contribution in [2.45, 2.75) is 111 Å². The van der Waals surface area contributed by atoms with Crippen LogP contribution in [0.4, 0.5) is 0 Å². The van der Waals surface area contributed by atoms with Crippen LogP contribution in [0.1, 0.15) is 66.5 Å². The van der Waals surface area contributed by atoms with Gasteiger partial charge in [0.2, 0.25) is 11.8 Å². The average molecular weight is 936 g/mol. The quantitative estimate of drug-likeness (QED) is 0.0434. The predicted molar refractivity (Wildman–Crippen MR) is 252 cm³/mol.